The molecule has 0 radical (unpaired) electrons. The highest BCUT2D eigenvalue weighted by atomic mass is 35.5. The number of hydrogen-bond acceptors (Lipinski definition) is 3. The summed E-state index contributed by atoms with van der Waals surface area (Å²) in [7, 11) is 2.11. The monoisotopic (exact) mass is 296 g/mol. The van der Waals surface area contributed by atoms with E-state index in [-0.39, 0.29) is 0 Å². The van der Waals surface area contributed by atoms with Crippen molar-refractivity contribution >= 4 is 17.3 Å². The summed E-state index contributed by atoms with van der Waals surface area (Å²) in [5.74, 6) is 0.654. The highest BCUT2D eigenvalue weighted by Gasteiger charge is 2.20. The summed E-state index contributed by atoms with van der Waals surface area (Å²) in [5.41, 5.74) is 2.32. The summed E-state index contributed by atoms with van der Waals surface area (Å²) in [6, 6.07) is 6.80. The summed E-state index contributed by atoms with van der Waals surface area (Å²) in [4.78, 5) is 2.27. The van der Waals surface area contributed by atoms with Crippen LogP contribution in [0.4, 0.5) is 5.69 Å². The highest BCUT2D eigenvalue weighted by molar-refractivity contribution is 6.31. The third kappa shape index (κ3) is 4.11. The van der Waals surface area contributed by atoms with Crippen molar-refractivity contribution in [2.75, 3.05) is 31.7 Å². The topological polar surface area (TPSA) is 24.5 Å². The zero-order chi connectivity index (χ0) is 14.5. The first-order chi connectivity index (χ1) is 9.58. The van der Waals surface area contributed by atoms with Crippen LogP contribution in [-0.4, -0.2) is 32.8 Å². The van der Waals surface area contributed by atoms with Crippen LogP contribution in [0.5, 0.6) is 0 Å². The molecule has 0 spiro atoms. The third-order valence-corrected chi connectivity index (χ3v) is 4.12. The molecule has 1 aromatic rings. The zero-order valence-corrected chi connectivity index (χ0v) is 13.4. The number of benzene rings is 1. The van der Waals surface area contributed by atoms with Crippen LogP contribution in [-0.2, 0) is 11.3 Å². The van der Waals surface area contributed by atoms with Crippen molar-refractivity contribution in [3.8, 4) is 0 Å². The van der Waals surface area contributed by atoms with E-state index in [0.29, 0.717) is 12.0 Å². The van der Waals surface area contributed by atoms with Gasteiger partial charge in [-0.25, -0.2) is 0 Å². The minimum absolute atomic E-state index is 0.469. The van der Waals surface area contributed by atoms with Crippen LogP contribution in [0.25, 0.3) is 0 Å². The fraction of sp³-hybridized carbons (Fsp3) is 0.625. The molecular formula is C16H25ClN2O. The van der Waals surface area contributed by atoms with Gasteiger partial charge in [-0.1, -0.05) is 31.5 Å². The smallest absolute Gasteiger partial charge is 0.0670 e. The van der Waals surface area contributed by atoms with Gasteiger partial charge in [0.15, 0.2) is 0 Å². The van der Waals surface area contributed by atoms with Gasteiger partial charge in [0, 0.05) is 30.9 Å². The zero-order valence-electron chi connectivity index (χ0n) is 12.7. The van der Waals surface area contributed by atoms with Gasteiger partial charge in [0.1, 0.15) is 0 Å². The number of halogens is 1. The third-order valence-electron chi connectivity index (χ3n) is 3.77. The van der Waals surface area contributed by atoms with Crippen LogP contribution in [0.3, 0.4) is 0 Å². The van der Waals surface area contributed by atoms with E-state index < -0.39 is 0 Å². The average molecular weight is 297 g/mol. The van der Waals surface area contributed by atoms with E-state index in [9.17, 15) is 0 Å². The van der Waals surface area contributed by atoms with Gasteiger partial charge < -0.3 is 15.0 Å². The minimum atomic E-state index is 0.469. The number of hydrogen-bond donors (Lipinski definition) is 1. The van der Waals surface area contributed by atoms with Crippen molar-refractivity contribution < 1.29 is 4.74 Å². The molecule has 1 saturated heterocycles. The summed E-state index contributed by atoms with van der Waals surface area (Å²) in [5, 5.41) is 4.27. The molecule has 1 aromatic carbocycles. The Morgan fingerprint density at radius 2 is 2.25 bits per heavy atom. The molecule has 3 nitrogen and oxygen atoms in total. The fourth-order valence-electron chi connectivity index (χ4n) is 2.43. The van der Waals surface area contributed by atoms with E-state index in [1.807, 2.05) is 0 Å². The Morgan fingerprint density at radius 1 is 1.45 bits per heavy atom. The maximum Gasteiger partial charge on any atom is 0.0670 e. The van der Waals surface area contributed by atoms with E-state index in [1.54, 1.807) is 0 Å². The van der Waals surface area contributed by atoms with Crippen molar-refractivity contribution in [2.45, 2.75) is 32.9 Å². The van der Waals surface area contributed by atoms with Gasteiger partial charge in [0.2, 0.25) is 0 Å². The van der Waals surface area contributed by atoms with Gasteiger partial charge in [-0.3, -0.25) is 0 Å². The normalized spacial score (nSPS) is 18.8. The number of nitrogens with one attached hydrogen (secondary N) is 1. The number of anilines is 1. The van der Waals surface area contributed by atoms with Crippen molar-refractivity contribution in [1.29, 1.82) is 0 Å². The highest BCUT2D eigenvalue weighted by Crippen LogP contribution is 2.26. The molecular weight excluding hydrogens is 272 g/mol. The molecule has 0 aliphatic carbocycles. The molecule has 4 heteroatoms. The van der Waals surface area contributed by atoms with Gasteiger partial charge in [-0.05, 0) is 36.6 Å². The number of nitrogens with zero attached hydrogens (tertiary/aromatic N) is 1. The van der Waals surface area contributed by atoms with E-state index in [1.165, 1.54) is 0 Å². The van der Waals surface area contributed by atoms with Crippen molar-refractivity contribution in [2.24, 2.45) is 5.92 Å². The Labute approximate surface area is 127 Å². The molecule has 1 fully saturated rings. The van der Waals surface area contributed by atoms with E-state index in [2.05, 4.69) is 49.3 Å². The maximum atomic E-state index is 6.40. The largest absolute Gasteiger partial charge is 0.379 e. The fourth-order valence-corrected chi connectivity index (χ4v) is 2.67. The first kappa shape index (κ1) is 15.6. The molecule has 20 heavy (non-hydrogen) atoms. The number of ether oxygens (including phenoxy) is 1. The molecule has 1 atom stereocenters. The first-order valence-electron chi connectivity index (χ1n) is 7.37. The molecule has 2 rings (SSSR count). The van der Waals surface area contributed by atoms with E-state index in [0.717, 1.165) is 49.0 Å². The second kappa shape index (κ2) is 7.30. The van der Waals surface area contributed by atoms with Gasteiger partial charge in [-0.2, -0.15) is 0 Å². The molecule has 0 saturated carbocycles. The van der Waals surface area contributed by atoms with Crippen LogP contribution >= 0.6 is 11.6 Å². The second-order valence-corrected chi connectivity index (χ2v) is 6.34. The number of rotatable bonds is 6. The van der Waals surface area contributed by atoms with Gasteiger partial charge >= 0.3 is 0 Å². The SMILES string of the molecule is CC(C)CNCc1ccc(N(C)C2CCOC2)cc1Cl. The molecule has 0 amide bonds. The molecule has 1 heterocycles. The molecule has 1 aliphatic rings. The predicted molar refractivity (Wildman–Crippen MR) is 85.6 cm³/mol. The average Bonchev–Trinajstić information content (AvgIpc) is 2.93. The molecule has 1 N–H and O–H groups in total. The Bertz CT molecular complexity index is 430. The van der Waals surface area contributed by atoms with E-state index in [4.69, 9.17) is 16.3 Å². The Kier molecular flexibility index (Phi) is 5.70. The minimum Gasteiger partial charge on any atom is -0.379 e. The van der Waals surface area contributed by atoms with Gasteiger partial charge in [0.25, 0.3) is 0 Å². The lowest BCUT2D eigenvalue weighted by Crippen LogP contribution is -2.31. The first-order valence-corrected chi connectivity index (χ1v) is 7.75. The Hall–Kier alpha value is -0.770. The summed E-state index contributed by atoms with van der Waals surface area (Å²) >= 11 is 6.40. The lowest BCUT2D eigenvalue weighted by molar-refractivity contribution is 0.193. The molecule has 1 aliphatic heterocycles. The quantitative estimate of drug-likeness (QED) is 0.871. The van der Waals surface area contributed by atoms with Crippen LogP contribution in [0.2, 0.25) is 5.02 Å². The Balaban J connectivity index is 1.97. The van der Waals surface area contributed by atoms with Crippen LogP contribution < -0.4 is 10.2 Å². The van der Waals surface area contributed by atoms with Crippen LogP contribution in [0.15, 0.2) is 18.2 Å². The summed E-state index contributed by atoms with van der Waals surface area (Å²) in [6.07, 6.45) is 1.09. The molecule has 0 aromatic heterocycles. The summed E-state index contributed by atoms with van der Waals surface area (Å²) in [6.45, 7) is 7.92. The second-order valence-electron chi connectivity index (χ2n) is 5.93. The molecule has 0 bridgehead atoms. The van der Waals surface area contributed by atoms with Crippen LogP contribution in [0, 0.1) is 5.92 Å². The van der Waals surface area contributed by atoms with Crippen molar-refractivity contribution in [3.05, 3.63) is 28.8 Å². The maximum absolute atomic E-state index is 6.40. The lowest BCUT2D eigenvalue weighted by atomic mass is 10.1. The van der Waals surface area contributed by atoms with Gasteiger partial charge in [-0.15, -0.1) is 0 Å². The lowest BCUT2D eigenvalue weighted by Gasteiger charge is -2.26. The van der Waals surface area contributed by atoms with Gasteiger partial charge in [0.05, 0.1) is 12.6 Å². The Morgan fingerprint density at radius 3 is 2.85 bits per heavy atom. The summed E-state index contributed by atoms with van der Waals surface area (Å²) < 4.78 is 5.44. The van der Waals surface area contributed by atoms with Crippen molar-refractivity contribution in [3.63, 3.8) is 0 Å². The van der Waals surface area contributed by atoms with Crippen LogP contribution in [0.1, 0.15) is 25.8 Å². The van der Waals surface area contributed by atoms with E-state index >= 15 is 0 Å². The molecule has 1 unspecified atom stereocenters. The standard InChI is InChI=1S/C16H25ClN2O/c1-12(2)9-18-10-13-4-5-14(8-16(13)17)19(3)15-6-7-20-11-15/h4-5,8,12,15,18H,6-7,9-11H2,1-3H3. The van der Waals surface area contributed by atoms with Crippen molar-refractivity contribution in [1.82, 2.24) is 5.32 Å². The number of likely N-dealkylation sites (N-methyl/N-ethyl adjacent to an activating group) is 1. The molecule has 112 valence electrons. The predicted octanol–water partition coefficient (Wildman–Crippen LogP) is 3.31.